The van der Waals surface area contributed by atoms with Crippen molar-refractivity contribution >= 4 is 40.6 Å². The van der Waals surface area contributed by atoms with Gasteiger partial charge in [0.1, 0.15) is 12.4 Å². The number of nitrogens with zero attached hydrogens (tertiary/aromatic N) is 1. The number of urea groups is 1. The van der Waals surface area contributed by atoms with Gasteiger partial charge in [0.15, 0.2) is 0 Å². The number of hydrogen-bond acceptors (Lipinski definition) is 3. The lowest BCUT2D eigenvalue weighted by atomic mass is 10.2. The van der Waals surface area contributed by atoms with Gasteiger partial charge in [0.25, 0.3) is 0 Å². The molecule has 24 heavy (non-hydrogen) atoms. The van der Waals surface area contributed by atoms with Crippen molar-refractivity contribution in [3.8, 4) is 5.75 Å². The van der Waals surface area contributed by atoms with Crippen LogP contribution < -0.4 is 20.3 Å². The number of carbonyl (C=O) groups excluding carboxylic acids is 2. The van der Waals surface area contributed by atoms with E-state index in [2.05, 4.69) is 10.6 Å². The molecule has 0 bridgehead atoms. The third kappa shape index (κ3) is 3.60. The van der Waals surface area contributed by atoms with Gasteiger partial charge < -0.3 is 20.3 Å². The SMILES string of the molecule is CC(=O)N1CCOc2ccc(NC(=O)Nc3cccc(Cl)c3)cc21. The molecule has 7 heteroatoms. The smallest absolute Gasteiger partial charge is 0.323 e. The second kappa shape index (κ2) is 6.80. The van der Waals surface area contributed by atoms with Crippen LogP contribution in [-0.4, -0.2) is 25.1 Å². The molecule has 0 atom stereocenters. The first-order chi connectivity index (χ1) is 11.5. The van der Waals surface area contributed by atoms with Crippen LogP contribution in [0.4, 0.5) is 21.9 Å². The molecule has 0 aromatic heterocycles. The van der Waals surface area contributed by atoms with Crippen molar-refractivity contribution in [2.24, 2.45) is 0 Å². The van der Waals surface area contributed by atoms with Crippen LogP contribution in [0.15, 0.2) is 42.5 Å². The number of anilines is 3. The van der Waals surface area contributed by atoms with E-state index in [4.69, 9.17) is 16.3 Å². The molecule has 0 fully saturated rings. The highest BCUT2D eigenvalue weighted by atomic mass is 35.5. The summed E-state index contributed by atoms with van der Waals surface area (Å²) in [5, 5.41) is 5.97. The Morgan fingerprint density at radius 2 is 1.88 bits per heavy atom. The zero-order chi connectivity index (χ0) is 17.1. The Kier molecular flexibility index (Phi) is 4.57. The largest absolute Gasteiger partial charge is 0.490 e. The minimum atomic E-state index is -0.400. The van der Waals surface area contributed by atoms with Gasteiger partial charge in [0, 0.05) is 23.3 Å². The quantitative estimate of drug-likeness (QED) is 0.871. The van der Waals surface area contributed by atoms with Gasteiger partial charge in [-0.15, -0.1) is 0 Å². The predicted octanol–water partition coefficient (Wildman–Crippen LogP) is 3.73. The number of amides is 3. The molecule has 0 saturated heterocycles. The molecule has 1 heterocycles. The van der Waals surface area contributed by atoms with Crippen molar-refractivity contribution in [2.75, 3.05) is 28.7 Å². The van der Waals surface area contributed by atoms with Crippen molar-refractivity contribution in [3.63, 3.8) is 0 Å². The molecule has 0 unspecified atom stereocenters. The summed E-state index contributed by atoms with van der Waals surface area (Å²) in [4.78, 5) is 25.4. The first-order valence-corrected chi connectivity index (χ1v) is 7.79. The molecule has 0 radical (unpaired) electrons. The average molecular weight is 346 g/mol. The maximum absolute atomic E-state index is 12.1. The molecule has 3 amide bonds. The van der Waals surface area contributed by atoms with Crippen LogP contribution in [0.25, 0.3) is 0 Å². The molecule has 1 aliphatic heterocycles. The minimum Gasteiger partial charge on any atom is -0.490 e. The number of benzene rings is 2. The van der Waals surface area contributed by atoms with Crippen LogP contribution in [0.1, 0.15) is 6.92 Å². The Morgan fingerprint density at radius 3 is 2.58 bits per heavy atom. The van der Waals surface area contributed by atoms with Crippen LogP contribution in [0, 0.1) is 0 Å². The molecule has 3 rings (SSSR count). The van der Waals surface area contributed by atoms with Gasteiger partial charge in [-0.05, 0) is 36.4 Å². The molecule has 2 aromatic rings. The molecule has 2 aromatic carbocycles. The van der Waals surface area contributed by atoms with Crippen LogP contribution >= 0.6 is 11.6 Å². The van der Waals surface area contributed by atoms with Gasteiger partial charge in [-0.2, -0.15) is 0 Å². The van der Waals surface area contributed by atoms with E-state index in [1.54, 1.807) is 47.4 Å². The standard InChI is InChI=1S/C17H16ClN3O3/c1-11(22)21-7-8-24-16-6-5-14(10-15(16)21)20-17(23)19-13-4-2-3-12(18)9-13/h2-6,9-10H,7-8H2,1H3,(H2,19,20,23). The molecule has 2 N–H and O–H groups in total. The first kappa shape index (κ1) is 16.1. The van der Waals surface area contributed by atoms with Gasteiger partial charge in [0.05, 0.1) is 12.2 Å². The van der Waals surface area contributed by atoms with E-state index < -0.39 is 6.03 Å². The molecule has 6 nitrogen and oxygen atoms in total. The Morgan fingerprint density at radius 1 is 1.12 bits per heavy atom. The van der Waals surface area contributed by atoms with Gasteiger partial charge in [-0.1, -0.05) is 17.7 Å². The lowest BCUT2D eigenvalue weighted by Gasteiger charge is -2.29. The summed E-state index contributed by atoms with van der Waals surface area (Å²) in [6.07, 6.45) is 0. The predicted molar refractivity (Wildman–Crippen MR) is 94.1 cm³/mol. The Bertz CT molecular complexity index is 794. The fraction of sp³-hybridized carbons (Fsp3) is 0.176. The van der Waals surface area contributed by atoms with E-state index in [1.807, 2.05) is 0 Å². The topological polar surface area (TPSA) is 70.7 Å². The second-order valence-electron chi connectivity index (χ2n) is 5.29. The van der Waals surface area contributed by atoms with Crippen LogP contribution in [0.2, 0.25) is 5.02 Å². The van der Waals surface area contributed by atoms with E-state index in [9.17, 15) is 9.59 Å². The van der Waals surface area contributed by atoms with Crippen LogP contribution in [0.3, 0.4) is 0 Å². The van der Waals surface area contributed by atoms with Gasteiger partial charge in [-0.25, -0.2) is 4.79 Å². The fourth-order valence-corrected chi connectivity index (χ4v) is 2.67. The summed E-state index contributed by atoms with van der Waals surface area (Å²) < 4.78 is 5.54. The Hall–Kier alpha value is -2.73. The number of carbonyl (C=O) groups is 2. The Balaban J connectivity index is 1.75. The van der Waals surface area contributed by atoms with Crippen molar-refractivity contribution in [1.29, 1.82) is 0 Å². The third-order valence-electron chi connectivity index (χ3n) is 3.54. The Labute approximate surface area is 144 Å². The van der Waals surface area contributed by atoms with E-state index in [1.165, 1.54) is 6.92 Å². The van der Waals surface area contributed by atoms with Crippen molar-refractivity contribution in [1.82, 2.24) is 0 Å². The zero-order valence-electron chi connectivity index (χ0n) is 13.0. The van der Waals surface area contributed by atoms with Crippen LogP contribution in [-0.2, 0) is 4.79 Å². The summed E-state index contributed by atoms with van der Waals surface area (Å²) >= 11 is 5.89. The normalized spacial score (nSPS) is 12.8. The number of nitrogens with one attached hydrogen (secondary N) is 2. The lowest BCUT2D eigenvalue weighted by Crippen LogP contribution is -2.36. The lowest BCUT2D eigenvalue weighted by molar-refractivity contribution is -0.116. The highest BCUT2D eigenvalue weighted by Crippen LogP contribution is 2.34. The number of hydrogen-bond donors (Lipinski definition) is 2. The molecule has 0 spiro atoms. The van der Waals surface area contributed by atoms with Gasteiger partial charge >= 0.3 is 6.03 Å². The first-order valence-electron chi connectivity index (χ1n) is 7.41. The van der Waals surface area contributed by atoms with Crippen molar-refractivity contribution < 1.29 is 14.3 Å². The molecular weight excluding hydrogens is 330 g/mol. The monoisotopic (exact) mass is 345 g/mol. The van der Waals surface area contributed by atoms with Crippen molar-refractivity contribution in [2.45, 2.75) is 6.92 Å². The third-order valence-corrected chi connectivity index (χ3v) is 3.78. The number of halogens is 1. The molecule has 0 aliphatic carbocycles. The second-order valence-corrected chi connectivity index (χ2v) is 5.73. The van der Waals surface area contributed by atoms with Crippen LogP contribution in [0.5, 0.6) is 5.75 Å². The van der Waals surface area contributed by atoms with E-state index in [0.717, 1.165) is 0 Å². The number of rotatable bonds is 2. The molecule has 0 saturated carbocycles. The average Bonchev–Trinajstić information content (AvgIpc) is 2.54. The summed E-state index contributed by atoms with van der Waals surface area (Å²) in [6, 6.07) is 11.6. The number of fused-ring (bicyclic) bond motifs is 1. The summed E-state index contributed by atoms with van der Waals surface area (Å²) in [6.45, 7) is 2.44. The summed E-state index contributed by atoms with van der Waals surface area (Å²) in [5.74, 6) is 0.553. The zero-order valence-corrected chi connectivity index (χ0v) is 13.8. The maximum Gasteiger partial charge on any atom is 0.323 e. The highest BCUT2D eigenvalue weighted by Gasteiger charge is 2.21. The summed E-state index contributed by atoms with van der Waals surface area (Å²) in [7, 11) is 0. The van der Waals surface area contributed by atoms with E-state index >= 15 is 0 Å². The molecular formula is C17H16ClN3O3. The summed E-state index contributed by atoms with van der Waals surface area (Å²) in [5.41, 5.74) is 1.80. The maximum atomic E-state index is 12.1. The molecule has 124 valence electrons. The molecule has 1 aliphatic rings. The van der Waals surface area contributed by atoms with E-state index in [-0.39, 0.29) is 5.91 Å². The van der Waals surface area contributed by atoms with Crippen molar-refractivity contribution in [3.05, 3.63) is 47.5 Å². The van der Waals surface area contributed by atoms with Gasteiger partial charge in [-0.3, -0.25) is 4.79 Å². The number of ether oxygens (including phenoxy) is 1. The highest BCUT2D eigenvalue weighted by molar-refractivity contribution is 6.30. The van der Waals surface area contributed by atoms with E-state index in [0.29, 0.717) is 41.0 Å². The fourth-order valence-electron chi connectivity index (χ4n) is 2.48. The minimum absolute atomic E-state index is 0.0694. The van der Waals surface area contributed by atoms with Gasteiger partial charge in [0.2, 0.25) is 5.91 Å².